The molecule has 2 aromatic rings. The summed E-state index contributed by atoms with van der Waals surface area (Å²) in [7, 11) is 3.27. The largest absolute Gasteiger partial charge is 0.493 e. The maximum absolute atomic E-state index is 5.28. The Bertz CT molecular complexity index is 556. The van der Waals surface area contributed by atoms with E-state index in [-0.39, 0.29) is 0 Å². The molecule has 0 unspecified atom stereocenters. The number of rotatable bonds is 5. The van der Waals surface area contributed by atoms with Gasteiger partial charge in [-0.3, -0.25) is 4.98 Å². The van der Waals surface area contributed by atoms with E-state index >= 15 is 0 Å². The monoisotopic (exact) mass is 258 g/mol. The first-order valence-electron chi connectivity index (χ1n) is 6.09. The molecule has 2 rings (SSSR count). The van der Waals surface area contributed by atoms with Crippen LogP contribution in [0.1, 0.15) is 11.1 Å². The van der Waals surface area contributed by atoms with Crippen molar-refractivity contribution in [1.82, 2.24) is 4.98 Å². The Morgan fingerprint density at radius 1 is 1.05 bits per heavy atom. The van der Waals surface area contributed by atoms with E-state index in [0.717, 1.165) is 28.3 Å². The van der Waals surface area contributed by atoms with Crippen LogP contribution >= 0.6 is 0 Å². The molecule has 0 aliphatic rings. The highest BCUT2D eigenvalue weighted by atomic mass is 16.5. The quantitative estimate of drug-likeness (QED) is 0.895. The number of methoxy groups -OCH3 is 2. The Hall–Kier alpha value is -2.23. The van der Waals surface area contributed by atoms with Crippen molar-refractivity contribution in [2.45, 2.75) is 13.5 Å². The summed E-state index contributed by atoms with van der Waals surface area (Å²) in [6.07, 6.45) is 3.65. The van der Waals surface area contributed by atoms with Gasteiger partial charge in [0.25, 0.3) is 0 Å². The average molecular weight is 258 g/mol. The van der Waals surface area contributed by atoms with Crippen LogP contribution in [-0.2, 0) is 6.54 Å². The van der Waals surface area contributed by atoms with Crippen LogP contribution in [0, 0.1) is 6.92 Å². The third-order valence-corrected chi connectivity index (χ3v) is 2.82. The number of nitrogens with one attached hydrogen (secondary N) is 1. The Kier molecular flexibility index (Phi) is 4.23. The van der Waals surface area contributed by atoms with Crippen molar-refractivity contribution in [3.05, 3.63) is 47.8 Å². The van der Waals surface area contributed by atoms with Crippen molar-refractivity contribution in [1.29, 1.82) is 0 Å². The van der Waals surface area contributed by atoms with Crippen molar-refractivity contribution in [3.63, 3.8) is 0 Å². The molecule has 0 radical (unpaired) electrons. The molecule has 0 bridgehead atoms. The van der Waals surface area contributed by atoms with Crippen LogP contribution < -0.4 is 14.8 Å². The SMILES string of the molecule is COc1ccc(CNc2cncc(C)c2)cc1OC. The van der Waals surface area contributed by atoms with E-state index in [0.29, 0.717) is 6.54 Å². The number of ether oxygens (including phenoxy) is 2. The van der Waals surface area contributed by atoms with Crippen molar-refractivity contribution in [2.75, 3.05) is 19.5 Å². The Labute approximate surface area is 113 Å². The number of aryl methyl sites for hydroxylation is 1. The van der Waals surface area contributed by atoms with Crippen LogP contribution in [-0.4, -0.2) is 19.2 Å². The summed E-state index contributed by atoms with van der Waals surface area (Å²) < 4.78 is 10.5. The number of hydrogen-bond donors (Lipinski definition) is 1. The first kappa shape index (κ1) is 13.2. The minimum atomic E-state index is 0.714. The van der Waals surface area contributed by atoms with Gasteiger partial charge in [-0.1, -0.05) is 6.07 Å². The molecule has 1 aromatic heterocycles. The molecule has 0 atom stereocenters. The van der Waals surface area contributed by atoms with Gasteiger partial charge in [0.05, 0.1) is 19.9 Å². The summed E-state index contributed by atoms with van der Waals surface area (Å²) in [5.74, 6) is 1.48. The molecule has 0 aliphatic heterocycles. The molecule has 0 aliphatic carbocycles. The standard InChI is InChI=1S/C15H18N2O2/c1-11-6-13(10-16-8-11)17-9-12-4-5-14(18-2)15(7-12)19-3/h4-8,10,17H,9H2,1-3H3. The Balaban J connectivity index is 2.07. The molecule has 0 saturated heterocycles. The van der Waals surface area contributed by atoms with Gasteiger partial charge < -0.3 is 14.8 Å². The number of anilines is 1. The molecule has 4 heteroatoms. The van der Waals surface area contributed by atoms with Crippen LogP contribution in [0.15, 0.2) is 36.7 Å². The normalized spacial score (nSPS) is 10.1. The van der Waals surface area contributed by atoms with Crippen molar-refractivity contribution >= 4 is 5.69 Å². The fraction of sp³-hybridized carbons (Fsp3) is 0.267. The van der Waals surface area contributed by atoms with E-state index in [4.69, 9.17) is 9.47 Å². The zero-order chi connectivity index (χ0) is 13.7. The summed E-state index contributed by atoms with van der Waals surface area (Å²) in [6, 6.07) is 7.95. The maximum Gasteiger partial charge on any atom is 0.161 e. The molecule has 0 amide bonds. The van der Waals surface area contributed by atoms with Crippen molar-refractivity contribution in [3.8, 4) is 11.5 Å². The van der Waals surface area contributed by atoms with Crippen LogP contribution in [0.4, 0.5) is 5.69 Å². The van der Waals surface area contributed by atoms with Gasteiger partial charge >= 0.3 is 0 Å². The second-order valence-corrected chi connectivity index (χ2v) is 4.29. The summed E-state index contributed by atoms with van der Waals surface area (Å²) >= 11 is 0. The lowest BCUT2D eigenvalue weighted by Crippen LogP contribution is -2.01. The second-order valence-electron chi connectivity index (χ2n) is 4.29. The number of nitrogens with zero attached hydrogens (tertiary/aromatic N) is 1. The van der Waals surface area contributed by atoms with E-state index in [1.807, 2.05) is 37.5 Å². The molecule has 1 aromatic carbocycles. The average Bonchev–Trinajstić information content (AvgIpc) is 2.45. The lowest BCUT2D eigenvalue weighted by atomic mass is 10.2. The minimum Gasteiger partial charge on any atom is -0.493 e. The topological polar surface area (TPSA) is 43.4 Å². The van der Waals surface area contributed by atoms with Crippen LogP contribution in [0.3, 0.4) is 0 Å². The Morgan fingerprint density at radius 2 is 1.84 bits per heavy atom. The van der Waals surface area contributed by atoms with Gasteiger partial charge in [-0.25, -0.2) is 0 Å². The lowest BCUT2D eigenvalue weighted by molar-refractivity contribution is 0.354. The van der Waals surface area contributed by atoms with E-state index in [1.165, 1.54) is 0 Å². The summed E-state index contributed by atoms with van der Waals surface area (Å²) in [5.41, 5.74) is 3.27. The predicted molar refractivity (Wildman–Crippen MR) is 75.8 cm³/mol. The summed E-state index contributed by atoms with van der Waals surface area (Å²) in [6.45, 7) is 2.74. The van der Waals surface area contributed by atoms with E-state index in [1.54, 1.807) is 14.2 Å². The molecule has 1 N–H and O–H groups in total. The van der Waals surface area contributed by atoms with Gasteiger partial charge in [-0.15, -0.1) is 0 Å². The van der Waals surface area contributed by atoms with Crippen molar-refractivity contribution < 1.29 is 9.47 Å². The number of hydrogen-bond acceptors (Lipinski definition) is 4. The van der Waals surface area contributed by atoms with Crippen LogP contribution in [0.5, 0.6) is 11.5 Å². The molecule has 0 fully saturated rings. The summed E-state index contributed by atoms with van der Waals surface area (Å²) in [4.78, 5) is 4.15. The second kappa shape index (κ2) is 6.09. The lowest BCUT2D eigenvalue weighted by Gasteiger charge is -2.11. The van der Waals surface area contributed by atoms with Gasteiger partial charge in [0, 0.05) is 18.9 Å². The number of aromatic nitrogens is 1. The smallest absolute Gasteiger partial charge is 0.161 e. The highest BCUT2D eigenvalue weighted by Crippen LogP contribution is 2.27. The molecular formula is C15H18N2O2. The molecule has 100 valence electrons. The maximum atomic E-state index is 5.28. The minimum absolute atomic E-state index is 0.714. The fourth-order valence-electron chi connectivity index (χ4n) is 1.85. The Morgan fingerprint density at radius 3 is 2.53 bits per heavy atom. The van der Waals surface area contributed by atoms with Crippen molar-refractivity contribution in [2.24, 2.45) is 0 Å². The van der Waals surface area contributed by atoms with Gasteiger partial charge in [0.15, 0.2) is 11.5 Å². The highest BCUT2D eigenvalue weighted by Gasteiger charge is 2.04. The van der Waals surface area contributed by atoms with Gasteiger partial charge in [-0.05, 0) is 36.2 Å². The van der Waals surface area contributed by atoms with Gasteiger partial charge in [0.1, 0.15) is 0 Å². The first-order chi connectivity index (χ1) is 9.22. The summed E-state index contributed by atoms with van der Waals surface area (Å²) in [5, 5.41) is 3.33. The van der Waals surface area contributed by atoms with E-state index < -0.39 is 0 Å². The molecule has 0 spiro atoms. The number of pyridine rings is 1. The zero-order valence-electron chi connectivity index (χ0n) is 11.4. The van der Waals surface area contributed by atoms with Crippen LogP contribution in [0.25, 0.3) is 0 Å². The molecule has 19 heavy (non-hydrogen) atoms. The highest BCUT2D eigenvalue weighted by molar-refractivity contribution is 5.46. The first-order valence-corrected chi connectivity index (χ1v) is 6.09. The van der Waals surface area contributed by atoms with Gasteiger partial charge in [0.2, 0.25) is 0 Å². The molecule has 0 saturated carbocycles. The fourth-order valence-corrected chi connectivity index (χ4v) is 1.85. The molecular weight excluding hydrogens is 240 g/mol. The van der Waals surface area contributed by atoms with E-state index in [9.17, 15) is 0 Å². The number of benzene rings is 1. The van der Waals surface area contributed by atoms with Gasteiger partial charge in [-0.2, -0.15) is 0 Å². The molecule has 1 heterocycles. The predicted octanol–water partition coefficient (Wildman–Crippen LogP) is 3.02. The van der Waals surface area contributed by atoms with E-state index in [2.05, 4.69) is 16.4 Å². The molecule has 4 nitrogen and oxygen atoms in total. The third kappa shape index (κ3) is 3.37. The van der Waals surface area contributed by atoms with Crippen LogP contribution in [0.2, 0.25) is 0 Å². The third-order valence-electron chi connectivity index (χ3n) is 2.82. The zero-order valence-corrected chi connectivity index (χ0v) is 11.4.